The van der Waals surface area contributed by atoms with E-state index in [4.69, 9.17) is 0 Å². The molecule has 0 fully saturated rings. The smallest absolute Gasteiger partial charge is 0.0541 e. The summed E-state index contributed by atoms with van der Waals surface area (Å²) in [5, 5.41) is 10.0. The van der Waals surface area contributed by atoms with Crippen LogP contribution in [0.4, 0.5) is 0 Å². The molecule has 0 saturated heterocycles. The van der Waals surface area contributed by atoms with E-state index in [1.807, 2.05) is 0 Å². The standard InChI is InChI=1S/C70H51N/c1-3-55(58-24-10-9-23-57(58)48-20-5-4-6-21-48)59-25-11-12-26-60(59)56-41-37-53(43-46(56)2)70-64-30-15-13-28-62(64)69(63-29-14-16-31-65(63)70)49-35-39-54(40-36-49)71-67-32-18-17-27-61(67)66-45-52(38-42-68(66)71)51-34-33-47-19-7-8-22-50(47)44-51/h4-45,55H,3H2,1-2H3. The van der Waals surface area contributed by atoms with Crippen molar-refractivity contribution >= 4 is 54.1 Å². The number of hydrogen-bond donors (Lipinski definition) is 0. The topological polar surface area (TPSA) is 4.93 Å². The Morgan fingerprint density at radius 2 is 0.831 bits per heavy atom. The summed E-state index contributed by atoms with van der Waals surface area (Å²) in [5.74, 6) is 0.243. The number of hydrogen-bond acceptors (Lipinski definition) is 0. The summed E-state index contributed by atoms with van der Waals surface area (Å²) in [6.07, 6.45) is 0.999. The van der Waals surface area contributed by atoms with E-state index in [0.29, 0.717) is 0 Å². The molecule has 0 aliphatic carbocycles. The van der Waals surface area contributed by atoms with Crippen LogP contribution in [0, 0.1) is 6.92 Å². The summed E-state index contributed by atoms with van der Waals surface area (Å²) in [5.41, 5.74) is 20.1. The van der Waals surface area contributed by atoms with Crippen LogP contribution in [0.5, 0.6) is 0 Å². The minimum absolute atomic E-state index is 0.243. The van der Waals surface area contributed by atoms with Crippen molar-refractivity contribution in [3.05, 3.63) is 271 Å². The highest BCUT2D eigenvalue weighted by Crippen LogP contribution is 2.46. The van der Waals surface area contributed by atoms with Gasteiger partial charge in [0.15, 0.2) is 0 Å². The van der Waals surface area contributed by atoms with E-state index in [2.05, 4.69) is 273 Å². The Morgan fingerprint density at radius 1 is 0.324 bits per heavy atom. The first kappa shape index (κ1) is 42.3. The Bertz CT molecular complexity index is 4100. The van der Waals surface area contributed by atoms with Crippen molar-refractivity contribution in [3.63, 3.8) is 0 Å². The van der Waals surface area contributed by atoms with Crippen LogP contribution in [0.1, 0.15) is 36.0 Å². The van der Waals surface area contributed by atoms with E-state index >= 15 is 0 Å². The van der Waals surface area contributed by atoms with Gasteiger partial charge in [-0.1, -0.05) is 225 Å². The van der Waals surface area contributed by atoms with E-state index in [9.17, 15) is 0 Å². The van der Waals surface area contributed by atoms with E-state index in [1.54, 1.807) is 0 Å². The van der Waals surface area contributed by atoms with Gasteiger partial charge in [-0.15, -0.1) is 0 Å². The van der Waals surface area contributed by atoms with Crippen LogP contribution >= 0.6 is 0 Å². The second kappa shape index (κ2) is 17.6. The molecule has 0 N–H and O–H groups in total. The highest BCUT2D eigenvalue weighted by atomic mass is 15.0. The first-order valence-corrected chi connectivity index (χ1v) is 25.0. The molecule has 0 bridgehead atoms. The Hall–Kier alpha value is -8.78. The Morgan fingerprint density at radius 3 is 1.52 bits per heavy atom. The van der Waals surface area contributed by atoms with Gasteiger partial charge >= 0.3 is 0 Å². The van der Waals surface area contributed by atoms with Crippen LogP contribution in [-0.2, 0) is 0 Å². The van der Waals surface area contributed by atoms with Gasteiger partial charge in [-0.3, -0.25) is 0 Å². The van der Waals surface area contributed by atoms with E-state index in [0.717, 1.165) is 12.1 Å². The second-order valence-corrected chi connectivity index (χ2v) is 19.1. The van der Waals surface area contributed by atoms with Crippen LogP contribution in [-0.4, -0.2) is 4.57 Å². The van der Waals surface area contributed by atoms with Gasteiger partial charge in [0, 0.05) is 22.4 Å². The first-order chi connectivity index (χ1) is 35.1. The van der Waals surface area contributed by atoms with Gasteiger partial charge in [0.05, 0.1) is 11.0 Å². The molecule has 0 spiro atoms. The second-order valence-electron chi connectivity index (χ2n) is 19.1. The molecule has 1 heteroatoms. The molecule has 1 nitrogen and oxygen atoms in total. The minimum atomic E-state index is 0.243. The summed E-state index contributed by atoms with van der Waals surface area (Å²) < 4.78 is 2.42. The molecule has 0 saturated carbocycles. The molecule has 1 atom stereocenters. The lowest BCUT2D eigenvalue weighted by Gasteiger charge is -2.24. The largest absolute Gasteiger partial charge is 0.309 e. The number of benzene rings is 12. The SMILES string of the molecule is CCC(c1ccccc1-c1ccccc1)c1ccccc1-c1ccc(-c2c3ccccc3c(-c3ccc(-n4c5ccccc5c5cc(-c6ccc7ccccc7c6)ccc54)cc3)c3ccccc23)cc1C. The number of nitrogens with zero attached hydrogens (tertiary/aromatic N) is 1. The predicted octanol–water partition coefficient (Wildman–Crippen LogP) is 19.4. The number of para-hydroxylation sites is 1. The van der Waals surface area contributed by atoms with Crippen LogP contribution in [0.25, 0.3) is 115 Å². The molecule has 0 aliphatic rings. The van der Waals surface area contributed by atoms with Crippen molar-refractivity contribution in [2.45, 2.75) is 26.2 Å². The molecular formula is C70H51N. The fourth-order valence-corrected chi connectivity index (χ4v) is 11.8. The maximum Gasteiger partial charge on any atom is 0.0541 e. The van der Waals surface area contributed by atoms with Crippen LogP contribution in [0.15, 0.2) is 255 Å². The molecule has 13 aromatic rings. The molecule has 0 radical (unpaired) electrons. The normalized spacial score (nSPS) is 12.1. The summed E-state index contributed by atoms with van der Waals surface area (Å²) in [6.45, 7) is 4.61. The third-order valence-electron chi connectivity index (χ3n) is 15.1. The quantitative estimate of drug-likeness (QED) is 0.127. The Kier molecular flexibility index (Phi) is 10.5. The number of aryl methyl sites for hydroxylation is 1. The molecule has 0 amide bonds. The van der Waals surface area contributed by atoms with Gasteiger partial charge < -0.3 is 4.57 Å². The third kappa shape index (κ3) is 7.24. The van der Waals surface area contributed by atoms with Gasteiger partial charge in [0.1, 0.15) is 0 Å². The van der Waals surface area contributed by atoms with Gasteiger partial charge in [-0.05, 0) is 154 Å². The molecule has 13 rings (SSSR count). The van der Waals surface area contributed by atoms with E-state index in [1.165, 1.54) is 126 Å². The summed E-state index contributed by atoms with van der Waals surface area (Å²) >= 11 is 0. The Balaban J connectivity index is 0.891. The summed E-state index contributed by atoms with van der Waals surface area (Å²) in [4.78, 5) is 0. The fourth-order valence-electron chi connectivity index (χ4n) is 11.8. The van der Waals surface area contributed by atoms with Crippen LogP contribution in [0.2, 0.25) is 0 Å². The van der Waals surface area contributed by atoms with Crippen molar-refractivity contribution in [2.24, 2.45) is 0 Å². The molecule has 1 heterocycles. The van der Waals surface area contributed by atoms with Crippen LogP contribution in [0.3, 0.4) is 0 Å². The number of aromatic nitrogens is 1. The number of fused-ring (bicyclic) bond motifs is 6. The molecular weight excluding hydrogens is 855 g/mol. The summed E-state index contributed by atoms with van der Waals surface area (Å²) in [7, 11) is 0. The van der Waals surface area contributed by atoms with Gasteiger partial charge in [-0.25, -0.2) is 0 Å². The lowest BCUT2D eigenvalue weighted by atomic mass is 9.80. The lowest BCUT2D eigenvalue weighted by Crippen LogP contribution is -2.04. The van der Waals surface area contributed by atoms with Crippen molar-refractivity contribution in [1.29, 1.82) is 0 Å². The van der Waals surface area contributed by atoms with Gasteiger partial charge in [-0.2, -0.15) is 0 Å². The number of rotatable bonds is 9. The molecule has 1 unspecified atom stereocenters. The molecule has 336 valence electrons. The van der Waals surface area contributed by atoms with Crippen molar-refractivity contribution in [3.8, 4) is 61.3 Å². The average Bonchev–Trinajstić information content (AvgIpc) is 3.77. The zero-order valence-corrected chi connectivity index (χ0v) is 40.0. The highest BCUT2D eigenvalue weighted by molar-refractivity contribution is 6.21. The van der Waals surface area contributed by atoms with Crippen molar-refractivity contribution in [2.75, 3.05) is 0 Å². The van der Waals surface area contributed by atoms with Crippen LogP contribution < -0.4 is 0 Å². The fraction of sp³-hybridized carbons (Fsp3) is 0.0571. The average molecular weight is 906 g/mol. The zero-order chi connectivity index (χ0) is 47.4. The van der Waals surface area contributed by atoms with Crippen molar-refractivity contribution < 1.29 is 0 Å². The lowest BCUT2D eigenvalue weighted by molar-refractivity contribution is 0.780. The highest BCUT2D eigenvalue weighted by Gasteiger charge is 2.23. The first-order valence-electron chi connectivity index (χ1n) is 25.0. The minimum Gasteiger partial charge on any atom is -0.309 e. The van der Waals surface area contributed by atoms with E-state index in [-0.39, 0.29) is 5.92 Å². The van der Waals surface area contributed by atoms with Gasteiger partial charge in [0.25, 0.3) is 0 Å². The third-order valence-corrected chi connectivity index (χ3v) is 15.1. The maximum absolute atomic E-state index is 2.42. The molecule has 12 aromatic carbocycles. The van der Waals surface area contributed by atoms with Crippen molar-refractivity contribution in [1.82, 2.24) is 4.57 Å². The monoisotopic (exact) mass is 905 g/mol. The predicted molar refractivity (Wildman–Crippen MR) is 304 cm³/mol. The van der Waals surface area contributed by atoms with E-state index < -0.39 is 0 Å². The zero-order valence-electron chi connectivity index (χ0n) is 40.0. The Labute approximate surface area is 415 Å². The van der Waals surface area contributed by atoms with Gasteiger partial charge in [0.2, 0.25) is 0 Å². The molecule has 71 heavy (non-hydrogen) atoms. The maximum atomic E-state index is 2.42. The molecule has 1 aromatic heterocycles. The summed E-state index contributed by atoms with van der Waals surface area (Å²) in [6, 6.07) is 94.4. The molecule has 0 aliphatic heterocycles.